The van der Waals surface area contributed by atoms with Gasteiger partial charge in [-0.25, -0.2) is 17.8 Å². The first-order chi connectivity index (χ1) is 14.4. The second kappa shape index (κ2) is 7.68. The number of hydrogen-bond donors (Lipinski definition) is 1. The molecule has 30 heavy (non-hydrogen) atoms. The van der Waals surface area contributed by atoms with E-state index >= 15 is 0 Å². The number of fused-ring (bicyclic) bond motifs is 1. The van der Waals surface area contributed by atoms with E-state index in [1.54, 1.807) is 36.7 Å². The van der Waals surface area contributed by atoms with Crippen LogP contribution in [0.3, 0.4) is 0 Å². The molecule has 7 nitrogen and oxygen atoms in total. The fourth-order valence-electron chi connectivity index (χ4n) is 2.99. The maximum absolute atomic E-state index is 13.9. The third-order valence-corrected chi connectivity index (χ3v) is 6.22. The van der Waals surface area contributed by atoms with Crippen LogP contribution in [-0.4, -0.2) is 24.4 Å². The molecule has 0 radical (unpaired) electrons. The standard InChI is InChI=1S/C21H17FN4O3S/c1-14-4-7-17(8-5-14)26-18-9-6-16(22)11-19(18)30(28,29)21(25-26)20(27)24-13-15-3-2-10-23-12-15/h2-12H,13H2,1H3,(H,24,27). The Morgan fingerprint density at radius 1 is 1.13 bits per heavy atom. The van der Waals surface area contributed by atoms with Crippen LogP contribution in [0.5, 0.6) is 0 Å². The van der Waals surface area contributed by atoms with Crippen LogP contribution < -0.4 is 10.3 Å². The molecule has 2 heterocycles. The molecular formula is C21H17FN4O3S. The maximum Gasteiger partial charge on any atom is 0.284 e. The van der Waals surface area contributed by atoms with Crippen LogP contribution in [0.4, 0.5) is 15.8 Å². The van der Waals surface area contributed by atoms with E-state index in [1.807, 2.05) is 19.1 Å². The van der Waals surface area contributed by atoms with Crippen molar-refractivity contribution in [2.75, 3.05) is 5.01 Å². The molecule has 0 saturated heterocycles. The minimum atomic E-state index is -4.32. The molecule has 0 spiro atoms. The van der Waals surface area contributed by atoms with Crippen molar-refractivity contribution in [1.82, 2.24) is 10.3 Å². The fourth-order valence-corrected chi connectivity index (χ4v) is 4.40. The topological polar surface area (TPSA) is 91.7 Å². The smallest absolute Gasteiger partial charge is 0.284 e. The molecule has 1 aliphatic heterocycles. The summed E-state index contributed by atoms with van der Waals surface area (Å²) >= 11 is 0. The second-order valence-corrected chi connectivity index (χ2v) is 8.55. The van der Waals surface area contributed by atoms with E-state index in [9.17, 15) is 17.6 Å². The van der Waals surface area contributed by atoms with Gasteiger partial charge in [-0.3, -0.25) is 9.78 Å². The molecule has 152 valence electrons. The number of benzene rings is 2. The lowest BCUT2D eigenvalue weighted by Crippen LogP contribution is -2.39. The van der Waals surface area contributed by atoms with Crippen molar-refractivity contribution >= 4 is 32.2 Å². The SMILES string of the molecule is Cc1ccc(N2N=C(C(=O)NCc3cccnc3)S(=O)(=O)c3cc(F)ccc32)cc1. The highest BCUT2D eigenvalue weighted by atomic mass is 32.2. The number of amides is 1. The Hall–Kier alpha value is -3.59. The predicted octanol–water partition coefficient (Wildman–Crippen LogP) is 3.08. The summed E-state index contributed by atoms with van der Waals surface area (Å²) < 4.78 is 40.0. The van der Waals surface area contributed by atoms with Crippen molar-refractivity contribution in [3.8, 4) is 0 Å². The summed E-state index contributed by atoms with van der Waals surface area (Å²) in [4.78, 5) is 16.4. The normalized spacial score (nSPS) is 14.6. The van der Waals surface area contributed by atoms with Gasteiger partial charge >= 0.3 is 0 Å². The first kappa shape index (κ1) is 19.7. The lowest BCUT2D eigenvalue weighted by atomic mass is 10.2. The number of pyridine rings is 1. The average Bonchev–Trinajstić information content (AvgIpc) is 2.74. The Labute approximate surface area is 172 Å². The zero-order chi connectivity index (χ0) is 21.3. The molecule has 4 rings (SSSR count). The van der Waals surface area contributed by atoms with Crippen molar-refractivity contribution in [2.45, 2.75) is 18.4 Å². The van der Waals surface area contributed by atoms with Gasteiger partial charge in [0.2, 0.25) is 14.9 Å². The number of carbonyl (C=O) groups excluding carboxylic acids is 1. The molecule has 0 aliphatic carbocycles. The van der Waals surface area contributed by atoms with Gasteiger partial charge in [0.15, 0.2) is 0 Å². The number of nitrogens with one attached hydrogen (secondary N) is 1. The average molecular weight is 424 g/mol. The van der Waals surface area contributed by atoms with Crippen LogP contribution in [0.15, 0.2) is 77.0 Å². The molecule has 9 heteroatoms. The highest BCUT2D eigenvalue weighted by Crippen LogP contribution is 2.37. The molecule has 0 saturated carbocycles. The van der Waals surface area contributed by atoms with E-state index in [-0.39, 0.29) is 17.1 Å². The minimum Gasteiger partial charge on any atom is -0.346 e. The zero-order valence-corrected chi connectivity index (χ0v) is 16.7. The van der Waals surface area contributed by atoms with Gasteiger partial charge in [-0.1, -0.05) is 23.8 Å². The number of sulfone groups is 1. The number of hydrazone groups is 1. The molecule has 1 aromatic heterocycles. The number of rotatable bonds is 4. The molecule has 1 N–H and O–H groups in total. The number of halogens is 1. The van der Waals surface area contributed by atoms with Crippen molar-refractivity contribution in [2.24, 2.45) is 5.10 Å². The highest BCUT2D eigenvalue weighted by Gasteiger charge is 2.38. The third kappa shape index (κ3) is 3.67. The number of aromatic nitrogens is 1. The van der Waals surface area contributed by atoms with E-state index in [1.165, 1.54) is 11.1 Å². The molecule has 0 bridgehead atoms. The van der Waals surface area contributed by atoms with Crippen LogP contribution in [0.1, 0.15) is 11.1 Å². The number of hydrogen-bond acceptors (Lipinski definition) is 6. The molecule has 2 aromatic carbocycles. The Balaban J connectivity index is 1.76. The van der Waals surface area contributed by atoms with Gasteiger partial charge in [0.1, 0.15) is 10.7 Å². The van der Waals surface area contributed by atoms with Gasteiger partial charge in [0.05, 0.1) is 11.4 Å². The fraction of sp³-hybridized carbons (Fsp3) is 0.0952. The quantitative estimate of drug-likeness (QED) is 0.695. The summed E-state index contributed by atoms with van der Waals surface area (Å²) in [6, 6.07) is 14.0. The number of anilines is 2. The molecule has 1 aliphatic rings. The van der Waals surface area contributed by atoms with Crippen molar-refractivity contribution in [1.29, 1.82) is 0 Å². The second-order valence-electron chi connectivity index (χ2n) is 6.71. The maximum atomic E-state index is 13.9. The first-order valence-corrected chi connectivity index (χ1v) is 10.5. The number of nitrogens with zero attached hydrogens (tertiary/aromatic N) is 3. The Morgan fingerprint density at radius 3 is 2.60 bits per heavy atom. The van der Waals surface area contributed by atoms with Gasteiger partial charge < -0.3 is 5.32 Å². The van der Waals surface area contributed by atoms with Crippen LogP contribution in [0, 0.1) is 12.7 Å². The summed E-state index contributed by atoms with van der Waals surface area (Å²) in [5.41, 5.74) is 2.41. The van der Waals surface area contributed by atoms with E-state index in [2.05, 4.69) is 15.4 Å². The van der Waals surface area contributed by atoms with Crippen molar-refractivity contribution < 1.29 is 17.6 Å². The van der Waals surface area contributed by atoms with Crippen LogP contribution >= 0.6 is 0 Å². The molecule has 0 fully saturated rings. The monoisotopic (exact) mass is 424 g/mol. The Bertz CT molecular complexity index is 1240. The number of aryl methyl sites for hydroxylation is 1. The predicted molar refractivity (Wildman–Crippen MR) is 110 cm³/mol. The minimum absolute atomic E-state index is 0.0712. The number of carbonyl (C=O) groups is 1. The largest absolute Gasteiger partial charge is 0.346 e. The van der Waals surface area contributed by atoms with Crippen molar-refractivity contribution in [3.63, 3.8) is 0 Å². The lowest BCUT2D eigenvalue weighted by molar-refractivity contribution is -0.114. The molecule has 3 aromatic rings. The van der Waals surface area contributed by atoms with Gasteiger partial charge in [0.25, 0.3) is 5.91 Å². The lowest BCUT2D eigenvalue weighted by Gasteiger charge is -2.27. The van der Waals surface area contributed by atoms with Crippen LogP contribution in [0.25, 0.3) is 0 Å². The Kier molecular flexibility index (Phi) is 5.04. The molecule has 0 atom stereocenters. The van der Waals surface area contributed by atoms with Gasteiger partial charge in [0, 0.05) is 18.9 Å². The van der Waals surface area contributed by atoms with Gasteiger partial charge in [-0.05, 0) is 48.9 Å². The first-order valence-electron chi connectivity index (χ1n) is 9.03. The highest BCUT2D eigenvalue weighted by molar-refractivity contribution is 8.08. The van der Waals surface area contributed by atoms with Gasteiger partial charge in [-0.15, -0.1) is 5.10 Å². The van der Waals surface area contributed by atoms with E-state index in [0.717, 1.165) is 17.7 Å². The molecule has 0 unspecified atom stereocenters. The molecule has 1 amide bonds. The summed E-state index contributed by atoms with van der Waals surface area (Å²) in [5.74, 6) is -1.61. The zero-order valence-electron chi connectivity index (χ0n) is 15.9. The van der Waals surface area contributed by atoms with E-state index in [0.29, 0.717) is 11.3 Å². The summed E-state index contributed by atoms with van der Waals surface area (Å²) in [6.07, 6.45) is 3.15. The Morgan fingerprint density at radius 2 is 1.90 bits per heavy atom. The van der Waals surface area contributed by atoms with Crippen LogP contribution in [0.2, 0.25) is 0 Å². The third-order valence-electron chi connectivity index (χ3n) is 4.53. The molecular weight excluding hydrogens is 407 g/mol. The van der Waals surface area contributed by atoms with Crippen molar-refractivity contribution in [3.05, 3.63) is 83.9 Å². The summed E-state index contributed by atoms with van der Waals surface area (Å²) in [7, 11) is -4.32. The van der Waals surface area contributed by atoms with E-state index < -0.39 is 26.6 Å². The van der Waals surface area contributed by atoms with E-state index in [4.69, 9.17) is 0 Å². The summed E-state index contributed by atoms with van der Waals surface area (Å²) in [6.45, 7) is 1.98. The van der Waals surface area contributed by atoms with Crippen LogP contribution in [-0.2, 0) is 21.2 Å². The van der Waals surface area contributed by atoms with Gasteiger partial charge in [-0.2, -0.15) is 0 Å². The summed E-state index contributed by atoms with van der Waals surface area (Å²) in [5, 5.41) is 7.30.